The van der Waals surface area contributed by atoms with Crippen LogP contribution in [0.1, 0.15) is 48.5 Å². The fraction of sp³-hybridized carbons (Fsp3) is 0.333. The van der Waals surface area contributed by atoms with Crippen LogP contribution in [-0.4, -0.2) is 37.4 Å². The third kappa shape index (κ3) is 5.44. The van der Waals surface area contributed by atoms with Crippen molar-refractivity contribution in [2.24, 2.45) is 5.10 Å². The maximum absolute atomic E-state index is 12.8. The summed E-state index contributed by atoms with van der Waals surface area (Å²) in [5.74, 6) is -0.368. The van der Waals surface area contributed by atoms with Gasteiger partial charge in [-0.05, 0) is 55.7 Å². The van der Waals surface area contributed by atoms with Crippen molar-refractivity contribution < 1.29 is 13.2 Å². The molecule has 3 rings (SSSR count). The zero-order valence-corrected chi connectivity index (χ0v) is 17.8. The molecule has 1 aliphatic rings. The topological polar surface area (TPSA) is 78.8 Å². The van der Waals surface area contributed by atoms with E-state index in [-0.39, 0.29) is 10.8 Å². The summed E-state index contributed by atoms with van der Waals surface area (Å²) in [4.78, 5) is 12.4. The number of halogens is 1. The van der Waals surface area contributed by atoms with E-state index in [0.29, 0.717) is 29.4 Å². The lowest BCUT2D eigenvalue weighted by Gasteiger charge is -2.20. The van der Waals surface area contributed by atoms with Gasteiger partial charge in [0.15, 0.2) is 0 Å². The van der Waals surface area contributed by atoms with Gasteiger partial charge in [0.1, 0.15) is 0 Å². The molecule has 0 bridgehead atoms. The quantitative estimate of drug-likeness (QED) is 0.570. The highest BCUT2D eigenvalue weighted by atomic mass is 35.5. The van der Waals surface area contributed by atoms with Gasteiger partial charge in [0.2, 0.25) is 10.0 Å². The lowest BCUT2D eigenvalue weighted by Crippen LogP contribution is -2.31. The number of hydrazone groups is 1. The van der Waals surface area contributed by atoms with E-state index in [1.807, 2.05) is 0 Å². The summed E-state index contributed by atoms with van der Waals surface area (Å²) < 4.78 is 27.3. The Kier molecular flexibility index (Phi) is 7.05. The highest BCUT2D eigenvalue weighted by molar-refractivity contribution is 7.89. The minimum absolute atomic E-state index is 0.277. The number of hydrogen-bond acceptors (Lipinski definition) is 4. The molecule has 0 atom stereocenters. The van der Waals surface area contributed by atoms with Crippen LogP contribution in [0.25, 0.3) is 0 Å². The van der Waals surface area contributed by atoms with Crippen LogP contribution in [-0.2, 0) is 10.0 Å². The maximum Gasteiger partial charge on any atom is 0.271 e. The number of nitrogens with one attached hydrogen (secondary N) is 1. The van der Waals surface area contributed by atoms with Crippen LogP contribution >= 0.6 is 11.6 Å². The molecule has 0 radical (unpaired) electrons. The summed E-state index contributed by atoms with van der Waals surface area (Å²) in [6.45, 7) is 2.89. The molecule has 8 heteroatoms. The molecule has 0 aromatic heterocycles. The summed E-state index contributed by atoms with van der Waals surface area (Å²) in [6.07, 6.45) is 3.94. The predicted molar refractivity (Wildman–Crippen MR) is 115 cm³/mol. The minimum atomic E-state index is -3.48. The van der Waals surface area contributed by atoms with Crippen LogP contribution in [0.15, 0.2) is 58.5 Å². The molecule has 29 heavy (non-hydrogen) atoms. The molecule has 0 spiro atoms. The van der Waals surface area contributed by atoms with Crippen LogP contribution in [0, 0.1) is 0 Å². The van der Waals surface area contributed by atoms with Crippen molar-refractivity contribution in [3.8, 4) is 0 Å². The number of sulfonamides is 1. The molecular formula is C21H24ClN3O3S. The second-order valence-corrected chi connectivity index (χ2v) is 9.37. The monoisotopic (exact) mass is 433 g/mol. The van der Waals surface area contributed by atoms with E-state index in [4.69, 9.17) is 11.6 Å². The summed E-state index contributed by atoms with van der Waals surface area (Å²) in [5.41, 5.74) is 4.20. The molecule has 1 aliphatic heterocycles. The molecule has 154 valence electrons. The standard InChI is InChI=1S/C21H24ClN3O3S/c1-16(23-24-21(26)18-7-6-8-19(22)15-18)17-9-11-20(12-10-17)29(27,28)25-13-4-2-3-5-14-25/h6-12,15H,2-5,13-14H2,1H3,(H,24,26)/b23-16-. The van der Waals surface area contributed by atoms with E-state index in [0.717, 1.165) is 31.2 Å². The van der Waals surface area contributed by atoms with E-state index in [1.165, 1.54) is 0 Å². The van der Waals surface area contributed by atoms with Crippen molar-refractivity contribution in [3.63, 3.8) is 0 Å². The van der Waals surface area contributed by atoms with Gasteiger partial charge in [0, 0.05) is 23.7 Å². The van der Waals surface area contributed by atoms with E-state index in [9.17, 15) is 13.2 Å². The Morgan fingerprint density at radius 1 is 1.00 bits per heavy atom. The van der Waals surface area contributed by atoms with E-state index < -0.39 is 10.0 Å². The Balaban J connectivity index is 1.70. The van der Waals surface area contributed by atoms with Crippen LogP contribution < -0.4 is 5.43 Å². The Bertz CT molecular complexity index is 996. The molecular weight excluding hydrogens is 410 g/mol. The largest absolute Gasteiger partial charge is 0.271 e. The Morgan fingerprint density at radius 3 is 2.28 bits per heavy atom. The van der Waals surface area contributed by atoms with Crippen LogP contribution in [0.2, 0.25) is 5.02 Å². The Hall–Kier alpha value is -2.22. The predicted octanol–water partition coefficient (Wildman–Crippen LogP) is 4.06. The fourth-order valence-corrected chi connectivity index (χ4v) is 4.90. The molecule has 1 fully saturated rings. The molecule has 1 amide bonds. The van der Waals surface area contributed by atoms with Gasteiger partial charge in [0.25, 0.3) is 5.91 Å². The molecule has 0 saturated carbocycles. The third-order valence-electron chi connectivity index (χ3n) is 4.89. The summed E-state index contributed by atoms with van der Waals surface area (Å²) in [6, 6.07) is 13.2. The zero-order chi connectivity index (χ0) is 20.9. The normalized spacial score (nSPS) is 16.3. The highest BCUT2D eigenvalue weighted by Crippen LogP contribution is 2.21. The smallest absolute Gasteiger partial charge is 0.267 e. The van der Waals surface area contributed by atoms with Crippen molar-refractivity contribution in [1.82, 2.24) is 9.73 Å². The van der Waals surface area contributed by atoms with Gasteiger partial charge < -0.3 is 0 Å². The molecule has 0 aliphatic carbocycles. The number of amides is 1. The van der Waals surface area contributed by atoms with Crippen molar-refractivity contribution >= 4 is 33.2 Å². The number of benzene rings is 2. The molecule has 1 N–H and O–H groups in total. The molecule has 0 unspecified atom stereocenters. The average Bonchev–Trinajstić information content (AvgIpc) is 3.02. The zero-order valence-electron chi connectivity index (χ0n) is 16.3. The van der Waals surface area contributed by atoms with E-state index in [1.54, 1.807) is 59.8 Å². The van der Waals surface area contributed by atoms with E-state index in [2.05, 4.69) is 10.5 Å². The molecule has 1 saturated heterocycles. The van der Waals surface area contributed by atoms with Crippen molar-refractivity contribution in [3.05, 3.63) is 64.7 Å². The van der Waals surface area contributed by atoms with Gasteiger partial charge in [-0.15, -0.1) is 0 Å². The van der Waals surface area contributed by atoms with Gasteiger partial charge in [0.05, 0.1) is 10.6 Å². The summed E-state index contributed by atoms with van der Waals surface area (Å²) in [7, 11) is -3.48. The summed E-state index contributed by atoms with van der Waals surface area (Å²) in [5, 5.41) is 4.58. The number of nitrogens with zero attached hydrogens (tertiary/aromatic N) is 2. The highest BCUT2D eigenvalue weighted by Gasteiger charge is 2.25. The van der Waals surface area contributed by atoms with E-state index >= 15 is 0 Å². The van der Waals surface area contributed by atoms with Gasteiger partial charge in [-0.2, -0.15) is 9.41 Å². The second kappa shape index (κ2) is 9.52. The van der Waals surface area contributed by atoms with Gasteiger partial charge in [-0.3, -0.25) is 4.79 Å². The van der Waals surface area contributed by atoms with Crippen LogP contribution in [0.3, 0.4) is 0 Å². The lowest BCUT2D eigenvalue weighted by molar-refractivity contribution is 0.0955. The minimum Gasteiger partial charge on any atom is -0.267 e. The van der Waals surface area contributed by atoms with Crippen molar-refractivity contribution in [2.75, 3.05) is 13.1 Å². The molecule has 2 aromatic carbocycles. The van der Waals surface area contributed by atoms with Gasteiger partial charge in [-0.25, -0.2) is 13.8 Å². The molecule has 6 nitrogen and oxygen atoms in total. The SMILES string of the molecule is C/C(=N/NC(=O)c1cccc(Cl)c1)c1ccc(S(=O)(=O)N2CCCCCC2)cc1. The van der Waals surface area contributed by atoms with Gasteiger partial charge in [-0.1, -0.05) is 42.6 Å². The van der Waals surface area contributed by atoms with Crippen molar-refractivity contribution in [1.29, 1.82) is 0 Å². The van der Waals surface area contributed by atoms with Crippen LogP contribution in [0.4, 0.5) is 0 Å². The number of hydrogen-bond donors (Lipinski definition) is 1. The second-order valence-electron chi connectivity index (χ2n) is 6.99. The number of rotatable bonds is 5. The van der Waals surface area contributed by atoms with Crippen LogP contribution in [0.5, 0.6) is 0 Å². The number of carbonyl (C=O) groups is 1. The maximum atomic E-state index is 12.8. The first-order chi connectivity index (χ1) is 13.9. The number of carbonyl (C=O) groups excluding carboxylic acids is 1. The van der Waals surface area contributed by atoms with Crippen molar-refractivity contribution in [2.45, 2.75) is 37.5 Å². The molecule has 2 aromatic rings. The first kappa shape index (κ1) is 21.5. The summed E-state index contributed by atoms with van der Waals surface area (Å²) >= 11 is 5.90. The van der Waals surface area contributed by atoms with Gasteiger partial charge >= 0.3 is 0 Å². The fourth-order valence-electron chi connectivity index (χ4n) is 3.19. The Labute approximate surface area is 176 Å². The molecule has 1 heterocycles. The third-order valence-corrected chi connectivity index (χ3v) is 7.03. The first-order valence-corrected chi connectivity index (χ1v) is 11.4. The Morgan fingerprint density at radius 2 is 1.66 bits per heavy atom. The first-order valence-electron chi connectivity index (χ1n) is 9.59. The lowest BCUT2D eigenvalue weighted by atomic mass is 10.1. The average molecular weight is 434 g/mol.